The zero-order chi connectivity index (χ0) is 13.9. The monoisotopic (exact) mass is 284 g/mol. The van der Waals surface area contributed by atoms with Gasteiger partial charge in [-0.1, -0.05) is 18.5 Å². The van der Waals surface area contributed by atoms with Crippen molar-refractivity contribution in [1.29, 1.82) is 0 Å². The third-order valence-electron chi connectivity index (χ3n) is 2.43. The third-order valence-corrected chi connectivity index (χ3v) is 2.75. The molecule has 1 rings (SSSR count). The molecule has 0 fully saturated rings. The van der Waals surface area contributed by atoms with Gasteiger partial charge in [-0.25, -0.2) is 4.79 Å². The van der Waals surface area contributed by atoms with E-state index in [9.17, 15) is 22.8 Å². The molecular formula is C10H12ClF3N2O2. The standard InChI is InChI=1S/C10H12ClF3N2O2/c1-2-6-7(11)15-9(18)16(8(6)17)5-3-4-10(12,13)14/h2-5H2,1H3,(H,15,18). The van der Waals surface area contributed by atoms with Crippen LogP contribution < -0.4 is 11.2 Å². The summed E-state index contributed by atoms with van der Waals surface area (Å²) >= 11 is 5.66. The lowest BCUT2D eigenvalue weighted by atomic mass is 10.2. The Kier molecular flexibility index (Phi) is 4.61. The van der Waals surface area contributed by atoms with Crippen LogP contribution in [0, 0.1) is 0 Å². The summed E-state index contributed by atoms with van der Waals surface area (Å²) in [6.45, 7) is 1.39. The van der Waals surface area contributed by atoms with Crippen molar-refractivity contribution in [3.8, 4) is 0 Å². The van der Waals surface area contributed by atoms with Gasteiger partial charge in [0.2, 0.25) is 0 Å². The molecule has 1 aromatic rings. The topological polar surface area (TPSA) is 54.9 Å². The second-order valence-electron chi connectivity index (χ2n) is 3.75. The van der Waals surface area contributed by atoms with E-state index in [0.717, 1.165) is 4.57 Å². The maximum atomic E-state index is 12.0. The summed E-state index contributed by atoms with van der Waals surface area (Å²) in [6, 6.07) is 0. The average Bonchev–Trinajstić information content (AvgIpc) is 2.21. The predicted octanol–water partition coefficient (Wildman–Crippen LogP) is 2.09. The Morgan fingerprint density at radius 3 is 2.44 bits per heavy atom. The summed E-state index contributed by atoms with van der Waals surface area (Å²) in [4.78, 5) is 25.4. The lowest BCUT2D eigenvalue weighted by Gasteiger charge is -2.09. The predicted molar refractivity (Wildman–Crippen MR) is 61.0 cm³/mol. The molecule has 0 bridgehead atoms. The van der Waals surface area contributed by atoms with E-state index in [-0.39, 0.29) is 23.7 Å². The van der Waals surface area contributed by atoms with E-state index in [2.05, 4.69) is 4.98 Å². The molecule has 1 heterocycles. The van der Waals surface area contributed by atoms with Crippen LogP contribution in [0.25, 0.3) is 0 Å². The highest BCUT2D eigenvalue weighted by atomic mass is 35.5. The fourth-order valence-corrected chi connectivity index (χ4v) is 1.83. The van der Waals surface area contributed by atoms with Crippen molar-refractivity contribution < 1.29 is 13.2 Å². The van der Waals surface area contributed by atoms with Crippen LogP contribution in [0.15, 0.2) is 9.59 Å². The van der Waals surface area contributed by atoms with Crippen LogP contribution in [0.2, 0.25) is 5.15 Å². The summed E-state index contributed by atoms with van der Waals surface area (Å²) in [5.74, 6) is 0. The number of halogens is 4. The van der Waals surface area contributed by atoms with E-state index < -0.39 is 23.8 Å². The number of H-pyrrole nitrogens is 1. The van der Waals surface area contributed by atoms with Gasteiger partial charge in [-0.2, -0.15) is 13.2 Å². The molecule has 0 radical (unpaired) electrons. The van der Waals surface area contributed by atoms with Gasteiger partial charge in [0.05, 0.1) is 5.56 Å². The van der Waals surface area contributed by atoms with Crippen LogP contribution in [0.1, 0.15) is 25.3 Å². The van der Waals surface area contributed by atoms with Crippen molar-refractivity contribution in [2.75, 3.05) is 0 Å². The van der Waals surface area contributed by atoms with Crippen molar-refractivity contribution in [3.05, 3.63) is 31.6 Å². The number of aromatic amines is 1. The summed E-state index contributed by atoms with van der Waals surface area (Å²) < 4.78 is 36.7. The summed E-state index contributed by atoms with van der Waals surface area (Å²) in [7, 11) is 0. The first-order valence-corrected chi connectivity index (χ1v) is 5.72. The zero-order valence-corrected chi connectivity index (χ0v) is 10.4. The molecule has 102 valence electrons. The number of aromatic nitrogens is 2. The first kappa shape index (κ1) is 14.8. The minimum atomic E-state index is -4.30. The Morgan fingerprint density at radius 1 is 1.33 bits per heavy atom. The molecule has 0 aromatic carbocycles. The molecule has 0 spiro atoms. The van der Waals surface area contributed by atoms with Crippen molar-refractivity contribution in [2.24, 2.45) is 0 Å². The Balaban J connectivity index is 2.97. The molecule has 0 aliphatic heterocycles. The van der Waals surface area contributed by atoms with Crippen LogP contribution in [0.3, 0.4) is 0 Å². The number of nitrogens with one attached hydrogen (secondary N) is 1. The van der Waals surface area contributed by atoms with Crippen molar-refractivity contribution >= 4 is 11.6 Å². The van der Waals surface area contributed by atoms with Gasteiger partial charge < -0.3 is 0 Å². The third kappa shape index (κ3) is 3.63. The normalized spacial score (nSPS) is 11.8. The summed E-state index contributed by atoms with van der Waals surface area (Å²) in [5.41, 5.74) is -1.22. The van der Waals surface area contributed by atoms with Crippen molar-refractivity contribution in [3.63, 3.8) is 0 Å². The molecule has 0 aliphatic carbocycles. The SMILES string of the molecule is CCc1c(Cl)[nH]c(=O)n(CCCC(F)(F)F)c1=O. The van der Waals surface area contributed by atoms with E-state index in [1.165, 1.54) is 0 Å². The van der Waals surface area contributed by atoms with Gasteiger partial charge in [-0.05, 0) is 12.8 Å². The number of hydrogen-bond donors (Lipinski definition) is 1. The smallest absolute Gasteiger partial charge is 0.297 e. The van der Waals surface area contributed by atoms with Crippen molar-refractivity contribution in [1.82, 2.24) is 9.55 Å². The van der Waals surface area contributed by atoms with E-state index in [0.29, 0.717) is 6.42 Å². The molecule has 0 unspecified atom stereocenters. The van der Waals surface area contributed by atoms with Gasteiger partial charge in [0.25, 0.3) is 5.56 Å². The maximum absolute atomic E-state index is 12.0. The van der Waals surface area contributed by atoms with Gasteiger partial charge >= 0.3 is 11.9 Å². The Morgan fingerprint density at radius 2 is 1.94 bits per heavy atom. The molecule has 18 heavy (non-hydrogen) atoms. The molecule has 1 aromatic heterocycles. The minimum absolute atomic E-state index is 0.0560. The molecule has 0 amide bonds. The van der Waals surface area contributed by atoms with E-state index in [1.54, 1.807) is 6.92 Å². The molecule has 8 heteroatoms. The van der Waals surface area contributed by atoms with Crippen LogP contribution in [-0.2, 0) is 13.0 Å². The molecule has 4 nitrogen and oxygen atoms in total. The number of nitrogens with zero attached hydrogens (tertiary/aromatic N) is 1. The second kappa shape index (κ2) is 5.60. The maximum Gasteiger partial charge on any atom is 0.389 e. The summed E-state index contributed by atoms with van der Waals surface area (Å²) in [6.07, 6.45) is -5.36. The van der Waals surface area contributed by atoms with E-state index in [1.807, 2.05) is 0 Å². The lowest BCUT2D eigenvalue weighted by molar-refractivity contribution is -0.135. The van der Waals surface area contributed by atoms with Gasteiger partial charge in [0.15, 0.2) is 0 Å². The number of rotatable bonds is 4. The molecule has 0 saturated heterocycles. The van der Waals surface area contributed by atoms with Gasteiger partial charge in [-0.15, -0.1) is 0 Å². The Hall–Kier alpha value is -1.24. The molecule has 0 saturated carbocycles. The molecule has 1 N–H and O–H groups in total. The fraction of sp³-hybridized carbons (Fsp3) is 0.600. The zero-order valence-electron chi connectivity index (χ0n) is 9.60. The van der Waals surface area contributed by atoms with Gasteiger partial charge in [0.1, 0.15) is 5.15 Å². The van der Waals surface area contributed by atoms with E-state index >= 15 is 0 Å². The molecule has 0 aliphatic rings. The highest BCUT2D eigenvalue weighted by Crippen LogP contribution is 2.21. The number of alkyl halides is 3. The first-order valence-electron chi connectivity index (χ1n) is 5.34. The van der Waals surface area contributed by atoms with Gasteiger partial charge in [-0.3, -0.25) is 14.3 Å². The van der Waals surface area contributed by atoms with Crippen LogP contribution >= 0.6 is 11.6 Å². The quantitative estimate of drug-likeness (QED) is 0.861. The van der Waals surface area contributed by atoms with Crippen molar-refractivity contribution in [2.45, 2.75) is 38.9 Å². The van der Waals surface area contributed by atoms with Crippen LogP contribution in [0.5, 0.6) is 0 Å². The van der Waals surface area contributed by atoms with Crippen LogP contribution in [-0.4, -0.2) is 15.7 Å². The molecule has 0 atom stereocenters. The Bertz CT molecular complexity index is 533. The largest absolute Gasteiger partial charge is 0.389 e. The van der Waals surface area contributed by atoms with Crippen LogP contribution in [0.4, 0.5) is 13.2 Å². The number of hydrogen-bond acceptors (Lipinski definition) is 2. The lowest BCUT2D eigenvalue weighted by Crippen LogP contribution is -2.37. The van der Waals surface area contributed by atoms with E-state index in [4.69, 9.17) is 11.6 Å². The highest BCUT2D eigenvalue weighted by molar-refractivity contribution is 6.30. The summed E-state index contributed by atoms with van der Waals surface area (Å²) in [5, 5.41) is -0.0560. The minimum Gasteiger partial charge on any atom is -0.297 e. The second-order valence-corrected chi connectivity index (χ2v) is 4.13. The first-order chi connectivity index (χ1) is 8.26. The molecular weight excluding hydrogens is 273 g/mol. The Labute approximate surface area is 105 Å². The highest BCUT2D eigenvalue weighted by Gasteiger charge is 2.26. The van der Waals surface area contributed by atoms with Gasteiger partial charge in [0, 0.05) is 13.0 Å². The average molecular weight is 285 g/mol. The fourth-order valence-electron chi connectivity index (χ4n) is 1.53.